The molecule has 0 saturated carbocycles. The number of unbranched alkanes of at least 4 members (excludes halogenated alkanes) is 3. The molecule has 15 nitrogen and oxygen atoms in total. The van der Waals surface area contributed by atoms with Crippen LogP contribution in [-0.4, -0.2) is 83.4 Å². The normalized spacial score (nSPS) is 28.5. The van der Waals surface area contributed by atoms with Gasteiger partial charge < -0.3 is 39.3 Å². The van der Waals surface area contributed by atoms with Gasteiger partial charge in [-0.3, -0.25) is 13.7 Å². The van der Waals surface area contributed by atoms with Gasteiger partial charge in [-0.05, 0) is 32.9 Å². The molecule has 0 amide bonds. The van der Waals surface area contributed by atoms with Crippen molar-refractivity contribution in [1.29, 1.82) is 0 Å². The molecule has 5 unspecified atom stereocenters. The molecule has 6 N–H and O–H groups in total. The minimum atomic E-state index is -5.71. The smallest absolute Gasteiger partial charge is 0.390 e. The first-order valence-electron chi connectivity index (χ1n) is 10.1. The lowest BCUT2D eigenvalue weighted by atomic mass is 9.96. The second-order valence-corrected chi connectivity index (χ2v) is 14.8. The van der Waals surface area contributed by atoms with Crippen molar-refractivity contribution in [2.45, 2.75) is 50.3 Å². The molecule has 1 rings (SSSR count). The van der Waals surface area contributed by atoms with E-state index in [2.05, 4.69) is 18.5 Å². The lowest BCUT2D eigenvalue weighted by Gasteiger charge is -2.21. The van der Waals surface area contributed by atoms with Crippen molar-refractivity contribution in [3.8, 4) is 0 Å². The third-order valence-electron chi connectivity index (χ3n) is 4.22. The summed E-state index contributed by atoms with van der Waals surface area (Å²) < 4.78 is 70.1. The van der Waals surface area contributed by atoms with Crippen molar-refractivity contribution >= 4 is 38.7 Å². The number of aliphatic hydroxyl groups excluding tert-OH is 1. The molecule has 0 aromatic carbocycles. The summed E-state index contributed by atoms with van der Waals surface area (Å²) in [6, 6.07) is -0.352. The number of hydrogen-bond donors (Lipinski definition) is 6. The third kappa shape index (κ3) is 14.0. The van der Waals surface area contributed by atoms with Crippen LogP contribution in [0.5, 0.6) is 0 Å². The highest BCUT2D eigenvalue weighted by Gasteiger charge is 2.45. The fraction of sp³-hybridized carbons (Fsp3) is 1.00. The number of nitrogens with one attached hydrogen (secondary N) is 1. The molecular formula is C13H32BNO14P4. The lowest BCUT2D eigenvalue weighted by Crippen LogP contribution is -2.26. The number of aliphatic hydroxyl groups is 1. The zero-order valence-corrected chi connectivity index (χ0v) is 21.9. The van der Waals surface area contributed by atoms with Gasteiger partial charge in [0, 0.05) is 6.00 Å². The summed E-state index contributed by atoms with van der Waals surface area (Å²) in [7, 11) is -17.6. The van der Waals surface area contributed by atoms with E-state index in [-0.39, 0.29) is 19.0 Å². The Morgan fingerprint density at radius 3 is 2.15 bits per heavy atom. The Hall–Kier alpha value is 0.545. The molecule has 1 fully saturated rings. The lowest BCUT2D eigenvalue weighted by molar-refractivity contribution is -0.00415. The Bertz CT molecular complexity index is 801. The summed E-state index contributed by atoms with van der Waals surface area (Å²) in [5, 5.41) is 12.7. The van der Waals surface area contributed by atoms with E-state index in [1.54, 1.807) is 14.9 Å². The van der Waals surface area contributed by atoms with Crippen LogP contribution in [0.4, 0.5) is 0 Å². The van der Waals surface area contributed by atoms with Crippen LogP contribution in [-0.2, 0) is 40.7 Å². The van der Waals surface area contributed by atoms with Crippen molar-refractivity contribution in [2.75, 3.05) is 32.7 Å². The Morgan fingerprint density at radius 1 is 0.939 bits per heavy atom. The Morgan fingerprint density at radius 2 is 1.58 bits per heavy atom. The molecule has 196 valence electrons. The van der Waals surface area contributed by atoms with Gasteiger partial charge in [0.15, 0.2) is 5.90 Å². The molecule has 20 heteroatoms. The second-order valence-electron chi connectivity index (χ2n) is 7.45. The Labute approximate surface area is 192 Å². The Balaban J connectivity index is 2.50. The van der Waals surface area contributed by atoms with Gasteiger partial charge in [0.25, 0.3) is 0 Å². The van der Waals surface area contributed by atoms with E-state index in [9.17, 15) is 42.9 Å². The van der Waals surface area contributed by atoms with Crippen molar-refractivity contribution in [3.63, 3.8) is 0 Å². The van der Waals surface area contributed by atoms with Crippen LogP contribution in [0, 0.1) is 0 Å². The minimum absolute atomic E-state index is 0.200. The highest BCUT2D eigenvalue weighted by atomic mass is 31.3. The maximum Gasteiger partial charge on any atom is 0.488 e. The van der Waals surface area contributed by atoms with E-state index < -0.39 is 55.6 Å². The molecule has 0 spiro atoms. The van der Waals surface area contributed by atoms with E-state index in [0.717, 1.165) is 19.4 Å². The van der Waals surface area contributed by atoms with E-state index in [1.807, 2.05) is 0 Å². The van der Waals surface area contributed by atoms with Gasteiger partial charge in [-0.15, -0.1) is 0 Å². The van der Waals surface area contributed by atoms with Crippen LogP contribution < -0.4 is 5.32 Å². The van der Waals surface area contributed by atoms with Gasteiger partial charge in [0.2, 0.25) is 0 Å². The number of hydrogen-bond acceptors (Lipinski definition) is 11. The average Bonchev–Trinajstić information content (AvgIpc) is 2.93. The van der Waals surface area contributed by atoms with E-state index in [4.69, 9.17) is 9.26 Å². The molecule has 1 heterocycles. The monoisotopic (exact) mass is 561 g/mol. The summed E-state index contributed by atoms with van der Waals surface area (Å²) >= 11 is 0. The molecule has 7 atom stereocenters. The summed E-state index contributed by atoms with van der Waals surface area (Å²) in [4.78, 5) is 38.5. The van der Waals surface area contributed by atoms with Crippen LogP contribution in [0.1, 0.15) is 32.1 Å². The van der Waals surface area contributed by atoms with Crippen molar-refractivity contribution < 1.29 is 65.3 Å². The first kappa shape index (κ1) is 31.6. The molecule has 0 aliphatic carbocycles. The zero-order valence-electron chi connectivity index (χ0n) is 18.3. The van der Waals surface area contributed by atoms with Crippen LogP contribution in [0.3, 0.4) is 0 Å². The van der Waals surface area contributed by atoms with Gasteiger partial charge in [-0.1, -0.05) is 12.8 Å². The summed E-state index contributed by atoms with van der Waals surface area (Å²) in [5.74, 6) is -1.55. The van der Waals surface area contributed by atoms with Crippen LogP contribution >= 0.6 is 30.8 Å². The number of phosphoric ester groups is 1. The maximum absolute atomic E-state index is 12.0. The van der Waals surface area contributed by atoms with Gasteiger partial charge in [0.1, 0.15) is 14.0 Å². The molecule has 0 radical (unpaired) electrons. The van der Waals surface area contributed by atoms with E-state index in [0.29, 0.717) is 12.8 Å². The summed E-state index contributed by atoms with van der Waals surface area (Å²) in [6.07, 6.45) is 1.03. The van der Waals surface area contributed by atoms with E-state index >= 15 is 0 Å². The molecule has 0 aromatic rings. The molecule has 33 heavy (non-hydrogen) atoms. The largest absolute Gasteiger partial charge is 0.488 e. The molecule has 1 aliphatic rings. The number of rotatable bonds is 17. The number of ether oxygens (including phenoxy) is 1. The van der Waals surface area contributed by atoms with Gasteiger partial charge >= 0.3 is 30.8 Å². The van der Waals surface area contributed by atoms with Crippen molar-refractivity contribution in [3.05, 3.63) is 0 Å². The predicted molar refractivity (Wildman–Crippen MR) is 118 cm³/mol. The topological polar surface area (TPSA) is 228 Å². The van der Waals surface area contributed by atoms with Crippen LogP contribution in [0.25, 0.3) is 0 Å². The average molecular weight is 561 g/mol. The van der Waals surface area contributed by atoms with Gasteiger partial charge in [-0.25, -0.2) is 13.4 Å². The standard InChI is InChI=1S/C13H32BNO14P4/c1-15-6-4-2-3-5-7-25-30(17,18)10-31(19,20)28-33(23,24)29-32(21,22)26-9-12-11(16)8-13(14)27-12/h11-13,15-16H,2-10,14H2,1H3,(H,17,18)(H,19,20)(H,21,22)(H,23,24)/t11?,12-,13-/m1/s1. The molecule has 0 bridgehead atoms. The Kier molecular flexibility index (Phi) is 13.1. The summed E-state index contributed by atoms with van der Waals surface area (Å²) in [5.41, 5.74) is 0. The highest BCUT2D eigenvalue weighted by Crippen LogP contribution is 2.70. The van der Waals surface area contributed by atoms with Crippen LogP contribution in [0.2, 0.25) is 0 Å². The van der Waals surface area contributed by atoms with E-state index in [1.165, 1.54) is 0 Å². The first-order chi connectivity index (χ1) is 15.1. The van der Waals surface area contributed by atoms with Gasteiger partial charge in [0.05, 0.1) is 19.3 Å². The molecule has 1 aliphatic heterocycles. The molecule has 1 saturated heterocycles. The number of phosphoric acid groups is 2. The predicted octanol–water partition coefficient (Wildman–Crippen LogP) is 0.471. The quantitative estimate of drug-likeness (QED) is 0.0806. The fourth-order valence-electron chi connectivity index (χ4n) is 2.84. The SMILES string of the molecule is B[C@H]1CC(O)[C@@H](COP(=O)(O)OP(=O)(O)OP(=O)(O)CP(=O)(O)OCCCCCCNC)O1. The van der Waals surface area contributed by atoms with Crippen LogP contribution in [0.15, 0.2) is 0 Å². The highest BCUT2D eigenvalue weighted by molar-refractivity contribution is 7.75. The molecular weight excluding hydrogens is 529 g/mol. The first-order valence-corrected chi connectivity index (χ1v) is 16.6. The second kappa shape index (κ2) is 13.7. The van der Waals surface area contributed by atoms with Crippen molar-refractivity contribution in [1.82, 2.24) is 5.32 Å². The molecule has 0 aromatic heterocycles. The maximum atomic E-state index is 12.0. The summed E-state index contributed by atoms with van der Waals surface area (Å²) in [6.45, 7) is -0.0757. The zero-order chi connectivity index (χ0) is 25.3. The fourth-order valence-corrected chi connectivity index (χ4v) is 9.31. The van der Waals surface area contributed by atoms with Crippen molar-refractivity contribution in [2.24, 2.45) is 0 Å². The van der Waals surface area contributed by atoms with Gasteiger partial charge in [-0.2, -0.15) is 4.31 Å². The third-order valence-corrected chi connectivity index (χ3v) is 11.6. The minimum Gasteiger partial charge on any atom is -0.390 e.